The van der Waals surface area contributed by atoms with E-state index in [2.05, 4.69) is 0 Å². The topological polar surface area (TPSA) is 44.5 Å². The van der Waals surface area contributed by atoms with Gasteiger partial charge in [0.15, 0.2) is 17.3 Å². The van der Waals surface area contributed by atoms with Gasteiger partial charge in [-0.1, -0.05) is 11.6 Å². The number of ether oxygens (including phenoxy) is 2. The van der Waals surface area contributed by atoms with E-state index in [0.29, 0.717) is 30.3 Å². The van der Waals surface area contributed by atoms with Gasteiger partial charge in [-0.2, -0.15) is 0 Å². The number of benzene rings is 1. The lowest BCUT2D eigenvalue weighted by molar-refractivity contribution is 0.167. The van der Waals surface area contributed by atoms with Crippen molar-refractivity contribution in [2.45, 2.75) is 18.4 Å². The third-order valence-electron chi connectivity index (χ3n) is 3.01. The van der Waals surface area contributed by atoms with Gasteiger partial charge >= 0.3 is 0 Å². The molecular formula is C11H11ClFNO2. The number of fused-ring (bicyclic) bond motifs is 1. The Morgan fingerprint density at radius 3 is 2.69 bits per heavy atom. The van der Waals surface area contributed by atoms with Crippen LogP contribution in [0.15, 0.2) is 6.07 Å². The smallest absolute Gasteiger partial charge is 0.169 e. The van der Waals surface area contributed by atoms with Gasteiger partial charge in [0, 0.05) is 11.6 Å². The molecule has 1 fully saturated rings. The zero-order valence-corrected chi connectivity index (χ0v) is 9.31. The molecule has 2 N–H and O–H groups in total. The van der Waals surface area contributed by atoms with Crippen LogP contribution in [0.2, 0.25) is 5.02 Å². The Morgan fingerprint density at radius 2 is 2.00 bits per heavy atom. The van der Waals surface area contributed by atoms with Gasteiger partial charge in [-0.25, -0.2) is 4.39 Å². The second-order valence-electron chi connectivity index (χ2n) is 4.23. The normalized spacial score (nSPS) is 20.7. The molecule has 16 heavy (non-hydrogen) atoms. The van der Waals surface area contributed by atoms with Crippen molar-refractivity contribution in [3.63, 3.8) is 0 Å². The molecule has 2 aliphatic rings. The third kappa shape index (κ3) is 1.37. The fraction of sp³-hybridized carbons (Fsp3) is 0.455. The first-order valence-corrected chi connectivity index (χ1v) is 5.56. The van der Waals surface area contributed by atoms with E-state index in [4.69, 9.17) is 26.8 Å². The summed E-state index contributed by atoms with van der Waals surface area (Å²) in [5.74, 6) is 0.434. The second kappa shape index (κ2) is 3.25. The minimum Gasteiger partial charge on any atom is -0.486 e. The van der Waals surface area contributed by atoms with Crippen molar-refractivity contribution in [2.75, 3.05) is 13.2 Å². The number of halogens is 2. The summed E-state index contributed by atoms with van der Waals surface area (Å²) in [6, 6.07) is 1.45. The van der Waals surface area contributed by atoms with Gasteiger partial charge in [-0.3, -0.25) is 0 Å². The largest absolute Gasteiger partial charge is 0.486 e. The molecule has 3 rings (SSSR count). The van der Waals surface area contributed by atoms with Crippen LogP contribution < -0.4 is 15.2 Å². The maximum atomic E-state index is 14.0. The van der Waals surface area contributed by atoms with Crippen LogP contribution in [0.5, 0.6) is 11.5 Å². The average molecular weight is 244 g/mol. The maximum Gasteiger partial charge on any atom is 0.169 e. The van der Waals surface area contributed by atoms with Gasteiger partial charge in [0.2, 0.25) is 0 Å². The Hall–Kier alpha value is -1.00. The Balaban J connectivity index is 2.23. The Kier molecular flexibility index (Phi) is 2.06. The van der Waals surface area contributed by atoms with Crippen LogP contribution in [0.4, 0.5) is 4.39 Å². The number of hydrogen-bond acceptors (Lipinski definition) is 3. The van der Waals surface area contributed by atoms with E-state index in [1.165, 1.54) is 6.07 Å². The average Bonchev–Trinajstić information content (AvgIpc) is 2.99. The fourth-order valence-corrected chi connectivity index (χ4v) is 2.16. The second-order valence-corrected chi connectivity index (χ2v) is 4.63. The molecule has 5 heteroatoms. The van der Waals surface area contributed by atoms with Gasteiger partial charge in [-0.05, 0) is 12.8 Å². The van der Waals surface area contributed by atoms with Crippen LogP contribution in [0, 0.1) is 5.82 Å². The minimum atomic E-state index is -0.625. The summed E-state index contributed by atoms with van der Waals surface area (Å²) in [5.41, 5.74) is 5.77. The van der Waals surface area contributed by atoms with E-state index >= 15 is 0 Å². The van der Waals surface area contributed by atoms with Gasteiger partial charge in [-0.15, -0.1) is 0 Å². The molecule has 0 saturated heterocycles. The van der Waals surface area contributed by atoms with E-state index in [1.54, 1.807) is 0 Å². The van der Waals surface area contributed by atoms with Gasteiger partial charge in [0.1, 0.15) is 13.2 Å². The lowest BCUT2D eigenvalue weighted by Gasteiger charge is -2.24. The summed E-state index contributed by atoms with van der Waals surface area (Å²) in [6.45, 7) is 0.864. The lowest BCUT2D eigenvalue weighted by atomic mass is 10.0. The first kappa shape index (κ1) is 10.2. The van der Waals surface area contributed by atoms with Crippen LogP contribution in [0.1, 0.15) is 18.4 Å². The van der Waals surface area contributed by atoms with Crippen molar-refractivity contribution < 1.29 is 13.9 Å². The van der Waals surface area contributed by atoms with Crippen molar-refractivity contribution in [3.05, 3.63) is 22.5 Å². The summed E-state index contributed by atoms with van der Waals surface area (Å²) in [7, 11) is 0. The SMILES string of the molecule is NC1(c2c(F)c(Cl)cc3c2OCCO3)CC1. The highest BCUT2D eigenvalue weighted by Crippen LogP contribution is 2.52. The molecule has 1 aromatic rings. The summed E-state index contributed by atoms with van der Waals surface area (Å²) < 4.78 is 24.8. The molecule has 1 aromatic carbocycles. The van der Waals surface area contributed by atoms with Crippen molar-refractivity contribution in [2.24, 2.45) is 5.73 Å². The highest BCUT2D eigenvalue weighted by molar-refractivity contribution is 6.31. The molecule has 1 heterocycles. The summed E-state index contributed by atoms with van der Waals surface area (Å²) in [4.78, 5) is 0. The summed E-state index contributed by atoms with van der Waals surface area (Å²) >= 11 is 5.82. The van der Waals surface area contributed by atoms with Gasteiger partial charge < -0.3 is 15.2 Å². The summed E-state index contributed by atoms with van der Waals surface area (Å²) in [5, 5.41) is 0.0379. The van der Waals surface area contributed by atoms with Gasteiger partial charge in [0.25, 0.3) is 0 Å². The molecule has 3 nitrogen and oxygen atoms in total. The zero-order valence-electron chi connectivity index (χ0n) is 8.56. The van der Waals surface area contributed by atoms with E-state index in [1.807, 2.05) is 0 Å². The molecule has 0 bridgehead atoms. The van der Waals surface area contributed by atoms with E-state index in [-0.39, 0.29) is 5.02 Å². The third-order valence-corrected chi connectivity index (χ3v) is 3.29. The van der Waals surface area contributed by atoms with Crippen LogP contribution in [0.25, 0.3) is 0 Å². The number of nitrogens with two attached hydrogens (primary N) is 1. The molecule has 0 aromatic heterocycles. The molecular weight excluding hydrogens is 233 g/mol. The minimum absolute atomic E-state index is 0.0379. The van der Waals surface area contributed by atoms with Crippen molar-refractivity contribution in [1.29, 1.82) is 0 Å². The standard InChI is InChI=1S/C11H11ClFNO2/c12-6-5-7-10(16-4-3-15-7)8(9(6)13)11(14)1-2-11/h5H,1-4,14H2. The van der Waals surface area contributed by atoms with Crippen LogP contribution in [-0.2, 0) is 5.54 Å². The molecule has 0 spiro atoms. The van der Waals surface area contributed by atoms with Crippen LogP contribution in [0.3, 0.4) is 0 Å². The number of hydrogen-bond donors (Lipinski definition) is 1. The quantitative estimate of drug-likeness (QED) is 0.822. The zero-order chi connectivity index (χ0) is 11.3. The van der Waals surface area contributed by atoms with Crippen molar-refractivity contribution in [3.8, 4) is 11.5 Å². The van der Waals surface area contributed by atoms with Crippen molar-refractivity contribution in [1.82, 2.24) is 0 Å². The molecule has 1 aliphatic carbocycles. The van der Waals surface area contributed by atoms with E-state index in [9.17, 15) is 4.39 Å². The van der Waals surface area contributed by atoms with Gasteiger partial charge in [0.05, 0.1) is 10.6 Å². The van der Waals surface area contributed by atoms with Crippen LogP contribution in [-0.4, -0.2) is 13.2 Å². The highest BCUT2D eigenvalue weighted by Gasteiger charge is 2.46. The molecule has 0 radical (unpaired) electrons. The van der Waals surface area contributed by atoms with E-state index < -0.39 is 11.4 Å². The Bertz CT molecular complexity index is 460. The fourth-order valence-electron chi connectivity index (χ4n) is 1.96. The number of rotatable bonds is 1. The molecule has 0 atom stereocenters. The van der Waals surface area contributed by atoms with E-state index in [0.717, 1.165) is 12.8 Å². The predicted molar refractivity (Wildman–Crippen MR) is 57.5 cm³/mol. The lowest BCUT2D eigenvalue weighted by Crippen LogP contribution is -2.25. The maximum absolute atomic E-state index is 14.0. The molecule has 1 saturated carbocycles. The van der Waals surface area contributed by atoms with Crippen molar-refractivity contribution >= 4 is 11.6 Å². The Morgan fingerprint density at radius 1 is 1.31 bits per heavy atom. The molecule has 1 aliphatic heterocycles. The summed E-state index contributed by atoms with van der Waals surface area (Å²) in [6.07, 6.45) is 1.50. The first-order valence-electron chi connectivity index (χ1n) is 5.19. The first-order chi connectivity index (χ1) is 7.62. The highest BCUT2D eigenvalue weighted by atomic mass is 35.5. The predicted octanol–water partition coefficient (Wildman–Crippen LogP) is 2.20. The Labute approximate surface area is 97.3 Å². The molecule has 0 amide bonds. The molecule has 0 unspecified atom stereocenters. The van der Waals surface area contributed by atoms with Crippen LogP contribution >= 0.6 is 11.6 Å². The monoisotopic (exact) mass is 243 g/mol. The molecule has 86 valence electrons.